The molecule has 0 heterocycles. The lowest BCUT2D eigenvalue weighted by Gasteiger charge is -2.32. The normalized spacial score (nSPS) is 14.6. The highest BCUT2D eigenvalue weighted by molar-refractivity contribution is 7.92. The quantitative estimate of drug-likeness (QED) is 0.301. The van der Waals surface area contributed by atoms with Crippen LogP contribution in [0.25, 0.3) is 0 Å². The van der Waals surface area contributed by atoms with E-state index < -0.39 is 44.0 Å². The summed E-state index contributed by atoms with van der Waals surface area (Å²) in [5, 5.41) is 26.4. The second-order valence-corrected chi connectivity index (χ2v) is 12.0. The molecule has 36 heavy (non-hydrogen) atoms. The van der Waals surface area contributed by atoms with Crippen molar-refractivity contribution in [1.82, 2.24) is 10.6 Å². The maximum Gasteiger partial charge on any atom is 0.407 e. The SMILES string of the molecule is CC(C)CNC([C@@H](O)[C@H](Cc1ccccc1)NC(=O)OC(C)(C)C)S(=O)(=O)c1ccc([N+](=O)[O-])cc1. The molecule has 2 aromatic rings. The number of ether oxygens (including phenoxy) is 1. The lowest BCUT2D eigenvalue weighted by molar-refractivity contribution is -0.384. The van der Waals surface area contributed by atoms with Crippen molar-refractivity contribution in [2.75, 3.05) is 6.54 Å². The van der Waals surface area contributed by atoms with Crippen LogP contribution in [-0.2, 0) is 21.0 Å². The number of carbonyl (C=O) groups is 1. The van der Waals surface area contributed by atoms with Crippen LogP contribution in [-0.4, -0.2) is 54.2 Å². The van der Waals surface area contributed by atoms with Crippen LogP contribution in [0.5, 0.6) is 0 Å². The second kappa shape index (κ2) is 12.3. The Kier molecular flexibility index (Phi) is 9.97. The van der Waals surface area contributed by atoms with Crippen LogP contribution in [0.4, 0.5) is 10.5 Å². The summed E-state index contributed by atoms with van der Waals surface area (Å²) in [5.41, 5.74) is -0.283. The predicted molar refractivity (Wildman–Crippen MR) is 136 cm³/mol. The number of nitro benzene ring substituents is 1. The van der Waals surface area contributed by atoms with Crippen molar-refractivity contribution < 1.29 is 28.0 Å². The highest BCUT2D eigenvalue weighted by Gasteiger charge is 2.39. The number of hydrogen-bond donors (Lipinski definition) is 3. The first-order chi connectivity index (χ1) is 16.7. The molecule has 10 nitrogen and oxygen atoms in total. The highest BCUT2D eigenvalue weighted by atomic mass is 32.2. The van der Waals surface area contributed by atoms with Gasteiger partial charge in [-0.15, -0.1) is 0 Å². The number of amides is 1. The third-order valence-corrected chi connectivity index (χ3v) is 7.20. The minimum Gasteiger partial charge on any atom is -0.444 e. The molecule has 0 bridgehead atoms. The topological polar surface area (TPSA) is 148 Å². The molecule has 1 unspecified atom stereocenters. The van der Waals surface area contributed by atoms with Crippen molar-refractivity contribution in [1.29, 1.82) is 0 Å². The Morgan fingerprint density at radius 2 is 1.67 bits per heavy atom. The maximum atomic E-state index is 13.6. The summed E-state index contributed by atoms with van der Waals surface area (Å²) in [6.07, 6.45) is -2.24. The monoisotopic (exact) mass is 521 g/mol. The number of aliphatic hydroxyl groups is 1. The van der Waals surface area contributed by atoms with Crippen molar-refractivity contribution in [3.05, 3.63) is 70.3 Å². The largest absolute Gasteiger partial charge is 0.444 e. The van der Waals surface area contributed by atoms with Gasteiger partial charge in [0, 0.05) is 12.1 Å². The first-order valence-electron chi connectivity index (χ1n) is 11.6. The lowest BCUT2D eigenvalue weighted by atomic mass is 10.0. The number of aliphatic hydroxyl groups excluding tert-OH is 1. The summed E-state index contributed by atoms with van der Waals surface area (Å²) >= 11 is 0. The lowest BCUT2D eigenvalue weighted by Crippen LogP contribution is -2.57. The standard InChI is InChI=1S/C25H35N3O7S/c1-17(2)16-26-23(36(33,34)20-13-11-19(12-14-20)28(31)32)22(29)21(15-18-9-7-6-8-10-18)27-24(30)35-25(3,4)5/h6-14,17,21-23,26,29H,15-16H2,1-5H3,(H,27,30)/t21-,22-,23?/m0/s1. The highest BCUT2D eigenvalue weighted by Crippen LogP contribution is 2.23. The summed E-state index contributed by atoms with van der Waals surface area (Å²) in [4.78, 5) is 22.8. The van der Waals surface area contributed by atoms with Crippen LogP contribution in [0.2, 0.25) is 0 Å². The van der Waals surface area contributed by atoms with Gasteiger partial charge in [0.25, 0.3) is 5.69 Å². The Morgan fingerprint density at radius 3 is 2.17 bits per heavy atom. The summed E-state index contributed by atoms with van der Waals surface area (Å²) < 4.78 is 32.6. The minimum atomic E-state index is -4.22. The van der Waals surface area contributed by atoms with Gasteiger partial charge in [-0.2, -0.15) is 0 Å². The third kappa shape index (κ3) is 8.58. The maximum absolute atomic E-state index is 13.6. The summed E-state index contributed by atoms with van der Waals surface area (Å²) in [6.45, 7) is 9.12. The fourth-order valence-electron chi connectivity index (χ4n) is 3.47. The number of non-ortho nitro benzene ring substituents is 1. The third-order valence-electron chi connectivity index (χ3n) is 5.16. The molecule has 3 N–H and O–H groups in total. The molecule has 0 aromatic heterocycles. The van der Waals surface area contributed by atoms with Crippen LogP contribution >= 0.6 is 0 Å². The molecule has 198 valence electrons. The molecule has 0 fully saturated rings. The van der Waals surface area contributed by atoms with Crippen molar-refractivity contribution in [3.63, 3.8) is 0 Å². The molecule has 0 spiro atoms. The number of sulfone groups is 1. The molecule has 3 atom stereocenters. The molecule has 0 aliphatic heterocycles. The Hall–Kier alpha value is -3.02. The van der Waals surface area contributed by atoms with E-state index in [0.717, 1.165) is 29.8 Å². The van der Waals surface area contributed by atoms with Gasteiger partial charge in [0.05, 0.1) is 15.9 Å². The van der Waals surface area contributed by atoms with E-state index in [2.05, 4.69) is 10.6 Å². The van der Waals surface area contributed by atoms with E-state index in [1.54, 1.807) is 45.0 Å². The van der Waals surface area contributed by atoms with Gasteiger partial charge in [0.2, 0.25) is 0 Å². The number of nitrogens with one attached hydrogen (secondary N) is 2. The van der Waals surface area contributed by atoms with Crippen LogP contribution in [0, 0.1) is 16.0 Å². The zero-order valence-electron chi connectivity index (χ0n) is 21.2. The Bertz CT molecular complexity index is 1110. The average Bonchev–Trinajstić information content (AvgIpc) is 2.77. The van der Waals surface area contributed by atoms with Gasteiger partial charge in [0.1, 0.15) is 17.1 Å². The van der Waals surface area contributed by atoms with Gasteiger partial charge in [-0.1, -0.05) is 44.2 Å². The molecular weight excluding hydrogens is 486 g/mol. The minimum absolute atomic E-state index is 0.0538. The van der Waals surface area contributed by atoms with Crippen molar-refractivity contribution in [2.24, 2.45) is 5.92 Å². The van der Waals surface area contributed by atoms with E-state index in [1.165, 1.54) is 0 Å². The van der Waals surface area contributed by atoms with Crippen molar-refractivity contribution in [3.8, 4) is 0 Å². The first-order valence-corrected chi connectivity index (χ1v) is 13.2. The van der Waals surface area contributed by atoms with Crippen molar-refractivity contribution in [2.45, 2.75) is 69.1 Å². The Balaban J connectivity index is 2.45. The van der Waals surface area contributed by atoms with Gasteiger partial charge in [-0.05, 0) is 57.4 Å². The first kappa shape index (κ1) is 29.2. The van der Waals surface area contributed by atoms with E-state index in [-0.39, 0.29) is 29.5 Å². The van der Waals surface area contributed by atoms with Gasteiger partial charge < -0.3 is 15.2 Å². The molecule has 0 saturated carbocycles. The number of benzene rings is 2. The molecule has 11 heteroatoms. The molecule has 0 aliphatic rings. The average molecular weight is 522 g/mol. The number of hydrogen-bond acceptors (Lipinski definition) is 8. The zero-order valence-corrected chi connectivity index (χ0v) is 22.0. The van der Waals surface area contributed by atoms with Crippen LogP contribution in [0.15, 0.2) is 59.5 Å². The molecule has 1 amide bonds. The van der Waals surface area contributed by atoms with Crippen molar-refractivity contribution >= 4 is 21.6 Å². The van der Waals surface area contributed by atoms with Crippen LogP contribution in [0.1, 0.15) is 40.2 Å². The summed E-state index contributed by atoms with van der Waals surface area (Å²) in [7, 11) is -4.22. The fourth-order valence-corrected chi connectivity index (χ4v) is 5.15. The van der Waals surface area contributed by atoms with E-state index >= 15 is 0 Å². The van der Waals surface area contributed by atoms with Crippen LogP contribution in [0.3, 0.4) is 0 Å². The van der Waals surface area contributed by atoms with Gasteiger partial charge >= 0.3 is 6.09 Å². The number of alkyl carbamates (subject to hydrolysis) is 1. The van der Waals surface area contributed by atoms with E-state index in [1.807, 2.05) is 19.9 Å². The number of nitro groups is 1. The molecule has 0 saturated heterocycles. The number of rotatable bonds is 11. The zero-order chi connectivity index (χ0) is 27.1. The second-order valence-electron chi connectivity index (χ2n) is 9.95. The molecular formula is C25H35N3O7S. The molecule has 2 aromatic carbocycles. The van der Waals surface area contributed by atoms with Crippen LogP contribution < -0.4 is 10.6 Å². The smallest absolute Gasteiger partial charge is 0.407 e. The van der Waals surface area contributed by atoms with Gasteiger partial charge in [-0.3, -0.25) is 15.4 Å². The van der Waals surface area contributed by atoms with E-state index in [4.69, 9.17) is 4.74 Å². The van der Waals surface area contributed by atoms with Gasteiger partial charge in [-0.25, -0.2) is 13.2 Å². The predicted octanol–water partition coefficient (Wildman–Crippen LogP) is 3.44. The number of nitrogens with zero attached hydrogens (tertiary/aromatic N) is 1. The van der Waals surface area contributed by atoms with E-state index in [0.29, 0.717) is 0 Å². The summed E-state index contributed by atoms with van der Waals surface area (Å²) in [6, 6.07) is 12.5. The fraction of sp³-hybridized carbons (Fsp3) is 0.480. The summed E-state index contributed by atoms with van der Waals surface area (Å²) in [5.74, 6) is 0.0538. The Morgan fingerprint density at radius 1 is 1.08 bits per heavy atom. The Labute approximate surface area is 212 Å². The van der Waals surface area contributed by atoms with E-state index in [9.17, 15) is 28.4 Å². The number of carbonyl (C=O) groups excluding carboxylic acids is 1. The molecule has 0 aliphatic carbocycles. The molecule has 2 rings (SSSR count). The van der Waals surface area contributed by atoms with Gasteiger partial charge in [0.15, 0.2) is 9.84 Å². The molecule has 0 radical (unpaired) electrons.